The lowest BCUT2D eigenvalue weighted by atomic mass is 10.2. The number of anilines is 1. The SMILES string of the molecule is COC(=O)c1ccc(S(=O)(=O)N(C[C@@H](C)O)c2ccccc2)cc1. The van der Waals surface area contributed by atoms with Crippen LogP contribution in [-0.2, 0) is 14.8 Å². The molecule has 0 aliphatic carbocycles. The van der Waals surface area contributed by atoms with Gasteiger partial charge in [-0.1, -0.05) is 18.2 Å². The van der Waals surface area contributed by atoms with Gasteiger partial charge in [0.15, 0.2) is 0 Å². The number of sulfonamides is 1. The third kappa shape index (κ3) is 3.93. The van der Waals surface area contributed by atoms with E-state index in [1.54, 1.807) is 30.3 Å². The van der Waals surface area contributed by atoms with Crippen LogP contribution in [0, 0.1) is 0 Å². The van der Waals surface area contributed by atoms with E-state index in [1.165, 1.54) is 38.3 Å². The number of carbonyl (C=O) groups excluding carboxylic acids is 1. The highest BCUT2D eigenvalue weighted by molar-refractivity contribution is 7.92. The second-order valence-electron chi connectivity index (χ2n) is 5.24. The summed E-state index contributed by atoms with van der Waals surface area (Å²) in [4.78, 5) is 11.5. The third-order valence-electron chi connectivity index (χ3n) is 3.34. The number of esters is 1. The van der Waals surface area contributed by atoms with Crippen molar-refractivity contribution in [1.82, 2.24) is 0 Å². The van der Waals surface area contributed by atoms with E-state index in [2.05, 4.69) is 4.74 Å². The minimum absolute atomic E-state index is 0.0275. The zero-order chi connectivity index (χ0) is 17.7. The van der Waals surface area contributed by atoms with Crippen LogP contribution in [0.15, 0.2) is 59.5 Å². The maximum absolute atomic E-state index is 12.9. The molecule has 0 aliphatic heterocycles. The molecule has 0 bridgehead atoms. The zero-order valence-electron chi connectivity index (χ0n) is 13.4. The molecule has 0 radical (unpaired) electrons. The molecule has 1 N–H and O–H groups in total. The average molecular weight is 349 g/mol. The Labute approximate surface area is 141 Å². The molecule has 0 saturated carbocycles. The summed E-state index contributed by atoms with van der Waals surface area (Å²) in [6, 6.07) is 14.0. The van der Waals surface area contributed by atoms with E-state index in [-0.39, 0.29) is 17.0 Å². The van der Waals surface area contributed by atoms with Crippen molar-refractivity contribution in [2.45, 2.75) is 17.9 Å². The van der Waals surface area contributed by atoms with Crippen LogP contribution in [0.25, 0.3) is 0 Å². The summed E-state index contributed by atoms with van der Waals surface area (Å²) in [7, 11) is -2.62. The van der Waals surface area contributed by atoms with Crippen LogP contribution in [0.5, 0.6) is 0 Å². The Balaban J connectivity index is 2.42. The molecule has 0 aliphatic rings. The number of aliphatic hydroxyl groups excluding tert-OH is 1. The molecule has 1 atom stereocenters. The number of ether oxygens (including phenoxy) is 1. The zero-order valence-corrected chi connectivity index (χ0v) is 14.2. The summed E-state index contributed by atoms with van der Waals surface area (Å²) >= 11 is 0. The molecule has 0 heterocycles. The second kappa shape index (κ2) is 7.46. The maximum atomic E-state index is 12.9. The third-order valence-corrected chi connectivity index (χ3v) is 5.15. The fraction of sp³-hybridized carbons (Fsp3) is 0.235. The van der Waals surface area contributed by atoms with Gasteiger partial charge in [-0.2, -0.15) is 0 Å². The minimum atomic E-state index is -3.88. The maximum Gasteiger partial charge on any atom is 0.337 e. The predicted octanol–water partition coefficient (Wildman–Crippen LogP) is 2.05. The summed E-state index contributed by atoms with van der Waals surface area (Å²) in [5.74, 6) is -0.539. The second-order valence-corrected chi connectivity index (χ2v) is 7.10. The Morgan fingerprint density at radius 1 is 1.12 bits per heavy atom. The van der Waals surface area contributed by atoms with Crippen molar-refractivity contribution in [2.75, 3.05) is 18.0 Å². The number of aliphatic hydroxyl groups is 1. The Morgan fingerprint density at radius 2 is 1.71 bits per heavy atom. The standard InChI is InChI=1S/C17H19NO5S/c1-13(19)12-18(15-6-4-3-5-7-15)24(21,22)16-10-8-14(9-11-16)17(20)23-2/h3-11,13,19H,12H2,1-2H3/t13-/m1/s1. The van der Waals surface area contributed by atoms with Crippen molar-refractivity contribution < 1.29 is 23.1 Å². The molecule has 128 valence electrons. The van der Waals surface area contributed by atoms with Gasteiger partial charge in [-0.05, 0) is 43.3 Å². The smallest absolute Gasteiger partial charge is 0.337 e. The highest BCUT2D eigenvalue weighted by atomic mass is 32.2. The largest absolute Gasteiger partial charge is 0.465 e. The molecule has 7 heteroatoms. The summed E-state index contributed by atoms with van der Waals surface area (Å²) in [5.41, 5.74) is 0.716. The summed E-state index contributed by atoms with van der Waals surface area (Å²) in [5, 5.41) is 9.68. The van der Waals surface area contributed by atoms with Gasteiger partial charge in [-0.25, -0.2) is 13.2 Å². The Bertz CT molecular complexity index is 785. The van der Waals surface area contributed by atoms with Crippen LogP contribution in [-0.4, -0.2) is 39.3 Å². The highest BCUT2D eigenvalue weighted by Crippen LogP contribution is 2.24. The van der Waals surface area contributed by atoms with Gasteiger partial charge in [0.2, 0.25) is 0 Å². The van der Waals surface area contributed by atoms with Crippen molar-refractivity contribution in [1.29, 1.82) is 0 Å². The first-order chi connectivity index (χ1) is 11.4. The number of hydrogen-bond donors (Lipinski definition) is 1. The number of benzene rings is 2. The van der Waals surface area contributed by atoms with Gasteiger partial charge in [-0.3, -0.25) is 4.31 Å². The lowest BCUT2D eigenvalue weighted by molar-refractivity contribution is 0.0600. The predicted molar refractivity (Wildman–Crippen MR) is 90.4 cm³/mol. The van der Waals surface area contributed by atoms with Crippen molar-refractivity contribution in [2.24, 2.45) is 0 Å². The molecular weight excluding hydrogens is 330 g/mol. The monoisotopic (exact) mass is 349 g/mol. The number of para-hydroxylation sites is 1. The van der Waals surface area contributed by atoms with Gasteiger partial charge in [0, 0.05) is 0 Å². The normalized spacial score (nSPS) is 12.5. The van der Waals surface area contributed by atoms with Gasteiger partial charge in [0.05, 0.1) is 35.9 Å². The van der Waals surface area contributed by atoms with Crippen molar-refractivity contribution in [3.05, 3.63) is 60.2 Å². The number of hydrogen-bond acceptors (Lipinski definition) is 5. The van der Waals surface area contributed by atoms with Crippen LogP contribution in [0.3, 0.4) is 0 Å². The van der Waals surface area contributed by atoms with Crippen molar-refractivity contribution >= 4 is 21.7 Å². The van der Waals surface area contributed by atoms with Crippen LogP contribution in [0.4, 0.5) is 5.69 Å². The lowest BCUT2D eigenvalue weighted by Gasteiger charge is -2.25. The van der Waals surface area contributed by atoms with E-state index in [1.807, 2.05) is 0 Å². The molecule has 0 amide bonds. The Morgan fingerprint density at radius 3 is 2.21 bits per heavy atom. The Hall–Kier alpha value is -2.38. The summed E-state index contributed by atoms with van der Waals surface area (Å²) in [6.07, 6.45) is -0.839. The number of rotatable bonds is 6. The fourth-order valence-corrected chi connectivity index (χ4v) is 3.73. The molecular formula is C17H19NO5S. The quantitative estimate of drug-likeness (QED) is 0.807. The van der Waals surface area contributed by atoms with E-state index >= 15 is 0 Å². The van der Waals surface area contributed by atoms with Crippen LogP contribution in [0.2, 0.25) is 0 Å². The van der Waals surface area contributed by atoms with E-state index < -0.39 is 22.1 Å². The highest BCUT2D eigenvalue weighted by Gasteiger charge is 2.26. The van der Waals surface area contributed by atoms with E-state index in [0.717, 1.165) is 4.31 Å². The average Bonchev–Trinajstić information content (AvgIpc) is 2.59. The molecule has 24 heavy (non-hydrogen) atoms. The molecule has 0 saturated heterocycles. The van der Waals surface area contributed by atoms with Crippen LogP contribution in [0.1, 0.15) is 17.3 Å². The molecule has 0 spiro atoms. The Kier molecular flexibility index (Phi) is 5.58. The lowest BCUT2D eigenvalue weighted by Crippen LogP contribution is -2.36. The first-order valence-corrected chi connectivity index (χ1v) is 8.74. The molecule has 0 fully saturated rings. The van der Waals surface area contributed by atoms with Crippen LogP contribution < -0.4 is 4.31 Å². The number of nitrogens with zero attached hydrogens (tertiary/aromatic N) is 1. The van der Waals surface area contributed by atoms with E-state index in [0.29, 0.717) is 5.69 Å². The fourth-order valence-electron chi connectivity index (χ4n) is 2.18. The summed E-state index contributed by atoms with van der Waals surface area (Å²) in [6.45, 7) is 1.44. The van der Waals surface area contributed by atoms with E-state index in [4.69, 9.17) is 0 Å². The van der Waals surface area contributed by atoms with Gasteiger partial charge < -0.3 is 9.84 Å². The molecule has 2 rings (SSSR count). The topological polar surface area (TPSA) is 83.9 Å². The number of methoxy groups -OCH3 is 1. The minimum Gasteiger partial charge on any atom is -0.465 e. The summed E-state index contributed by atoms with van der Waals surface area (Å²) < 4.78 is 31.6. The molecule has 0 unspecified atom stereocenters. The first kappa shape index (κ1) is 18.0. The van der Waals surface area contributed by atoms with E-state index in [9.17, 15) is 18.3 Å². The molecule has 6 nitrogen and oxygen atoms in total. The molecule has 2 aromatic carbocycles. The van der Waals surface area contributed by atoms with Gasteiger partial charge in [-0.15, -0.1) is 0 Å². The van der Waals surface area contributed by atoms with Gasteiger partial charge in [0.1, 0.15) is 0 Å². The molecule has 0 aromatic heterocycles. The van der Waals surface area contributed by atoms with Gasteiger partial charge in [0.25, 0.3) is 10.0 Å². The molecule has 2 aromatic rings. The van der Waals surface area contributed by atoms with Crippen molar-refractivity contribution in [3.8, 4) is 0 Å². The van der Waals surface area contributed by atoms with Crippen molar-refractivity contribution in [3.63, 3.8) is 0 Å². The van der Waals surface area contributed by atoms with Gasteiger partial charge >= 0.3 is 5.97 Å². The first-order valence-electron chi connectivity index (χ1n) is 7.30. The van der Waals surface area contributed by atoms with Crippen LogP contribution >= 0.6 is 0 Å². The number of carbonyl (C=O) groups is 1.